The van der Waals surface area contributed by atoms with Crippen molar-refractivity contribution in [3.05, 3.63) is 22.2 Å². The van der Waals surface area contributed by atoms with Crippen molar-refractivity contribution >= 4 is 27.8 Å². The zero-order chi connectivity index (χ0) is 17.7. The molecule has 6 nitrogen and oxygen atoms in total. The van der Waals surface area contributed by atoms with Crippen LogP contribution in [0.1, 0.15) is 30.1 Å². The summed E-state index contributed by atoms with van der Waals surface area (Å²) in [7, 11) is 2.95. The summed E-state index contributed by atoms with van der Waals surface area (Å²) in [5.74, 6) is 0.691. The monoisotopic (exact) mass is 399 g/mol. The summed E-state index contributed by atoms with van der Waals surface area (Å²) in [5, 5.41) is 0. The third-order valence-electron chi connectivity index (χ3n) is 4.08. The van der Waals surface area contributed by atoms with E-state index in [4.69, 9.17) is 14.2 Å². The van der Waals surface area contributed by atoms with E-state index in [1.165, 1.54) is 7.11 Å². The molecule has 0 aromatic heterocycles. The highest BCUT2D eigenvalue weighted by Crippen LogP contribution is 2.37. The van der Waals surface area contributed by atoms with Crippen molar-refractivity contribution < 1.29 is 23.8 Å². The van der Waals surface area contributed by atoms with E-state index in [2.05, 4.69) is 15.9 Å². The lowest BCUT2D eigenvalue weighted by Gasteiger charge is -2.31. The van der Waals surface area contributed by atoms with E-state index in [-0.39, 0.29) is 17.8 Å². The predicted octanol–water partition coefficient (Wildman–Crippen LogP) is 2.88. The quantitative estimate of drug-likeness (QED) is 0.712. The molecule has 0 spiro atoms. The molecule has 0 saturated carbocycles. The van der Waals surface area contributed by atoms with Crippen LogP contribution in [0, 0.1) is 5.92 Å². The van der Waals surface area contributed by atoms with Crippen molar-refractivity contribution in [2.75, 3.05) is 33.9 Å². The van der Waals surface area contributed by atoms with Gasteiger partial charge in [-0.3, -0.25) is 9.59 Å². The SMILES string of the molecule is CCOc1cc(C(=O)N2CCC(C(=O)OC)CC2)cc(Br)c1OC. The van der Waals surface area contributed by atoms with Gasteiger partial charge in [-0.05, 0) is 47.8 Å². The van der Waals surface area contributed by atoms with E-state index in [0.717, 1.165) is 0 Å². The maximum Gasteiger partial charge on any atom is 0.308 e. The second-order valence-electron chi connectivity index (χ2n) is 5.51. The van der Waals surface area contributed by atoms with Crippen molar-refractivity contribution in [3.63, 3.8) is 0 Å². The number of hydrogen-bond donors (Lipinski definition) is 0. The molecule has 0 atom stereocenters. The van der Waals surface area contributed by atoms with E-state index in [1.54, 1.807) is 24.1 Å². The van der Waals surface area contributed by atoms with Gasteiger partial charge in [0.15, 0.2) is 11.5 Å². The number of halogens is 1. The van der Waals surface area contributed by atoms with Crippen LogP contribution in [0.5, 0.6) is 11.5 Å². The molecule has 1 fully saturated rings. The van der Waals surface area contributed by atoms with E-state index < -0.39 is 0 Å². The van der Waals surface area contributed by atoms with Crippen LogP contribution in [0.15, 0.2) is 16.6 Å². The van der Waals surface area contributed by atoms with Gasteiger partial charge < -0.3 is 19.1 Å². The molecule has 0 N–H and O–H groups in total. The first kappa shape index (κ1) is 18.6. The van der Waals surface area contributed by atoms with Crippen LogP contribution in [0.2, 0.25) is 0 Å². The number of hydrogen-bond acceptors (Lipinski definition) is 5. The largest absolute Gasteiger partial charge is 0.492 e. The number of rotatable bonds is 5. The van der Waals surface area contributed by atoms with Crippen LogP contribution in [0.3, 0.4) is 0 Å². The lowest BCUT2D eigenvalue weighted by atomic mass is 9.96. The van der Waals surface area contributed by atoms with Crippen molar-refractivity contribution in [1.82, 2.24) is 4.90 Å². The summed E-state index contributed by atoms with van der Waals surface area (Å²) < 4.78 is 16.3. The number of carbonyl (C=O) groups excluding carboxylic acids is 2. The molecule has 2 rings (SSSR count). The Hall–Kier alpha value is -1.76. The van der Waals surface area contributed by atoms with Gasteiger partial charge in [0.05, 0.1) is 31.2 Å². The van der Waals surface area contributed by atoms with Crippen molar-refractivity contribution in [2.45, 2.75) is 19.8 Å². The number of likely N-dealkylation sites (tertiary alicyclic amines) is 1. The fourth-order valence-electron chi connectivity index (χ4n) is 2.82. The molecular weight excluding hydrogens is 378 g/mol. The number of piperidine rings is 1. The summed E-state index contributed by atoms with van der Waals surface area (Å²) in [4.78, 5) is 26.1. The zero-order valence-electron chi connectivity index (χ0n) is 14.1. The Morgan fingerprint density at radius 3 is 2.46 bits per heavy atom. The number of amides is 1. The highest BCUT2D eigenvalue weighted by molar-refractivity contribution is 9.10. The fourth-order valence-corrected chi connectivity index (χ4v) is 3.42. The van der Waals surface area contributed by atoms with E-state index >= 15 is 0 Å². The lowest BCUT2D eigenvalue weighted by Crippen LogP contribution is -2.40. The second kappa shape index (κ2) is 8.37. The van der Waals surface area contributed by atoms with Gasteiger partial charge in [-0.25, -0.2) is 0 Å². The Bertz CT molecular complexity index is 611. The van der Waals surface area contributed by atoms with Crippen LogP contribution in [-0.4, -0.2) is 50.7 Å². The van der Waals surface area contributed by atoms with Crippen LogP contribution < -0.4 is 9.47 Å². The molecule has 24 heavy (non-hydrogen) atoms. The highest BCUT2D eigenvalue weighted by atomic mass is 79.9. The zero-order valence-corrected chi connectivity index (χ0v) is 15.7. The average Bonchev–Trinajstić information content (AvgIpc) is 2.60. The van der Waals surface area contributed by atoms with E-state index in [1.807, 2.05) is 6.92 Å². The van der Waals surface area contributed by atoms with Crippen LogP contribution in [0.4, 0.5) is 0 Å². The molecule has 0 radical (unpaired) electrons. The molecule has 1 amide bonds. The molecule has 1 aliphatic rings. The van der Waals surface area contributed by atoms with E-state index in [0.29, 0.717) is 54.1 Å². The molecular formula is C17H22BrNO5. The molecule has 1 aliphatic heterocycles. The van der Waals surface area contributed by atoms with Crippen molar-refractivity contribution in [2.24, 2.45) is 5.92 Å². The first-order chi connectivity index (χ1) is 11.5. The van der Waals surface area contributed by atoms with Gasteiger partial charge in [0.1, 0.15) is 0 Å². The standard InChI is InChI=1S/C17H22BrNO5/c1-4-24-14-10-12(9-13(18)15(14)22-2)16(20)19-7-5-11(6-8-19)17(21)23-3/h9-11H,4-8H2,1-3H3. The molecule has 1 saturated heterocycles. The molecule has 7 heteroatoms. The van der Waals surface area contributed by atoms with Gasteiger partial charge in [-0.1, -0.05) is 0 Å². The smallest absolute Gasteiger partial charge is 0.308 e. The van der Waals surface area contributed by atoms with Crippen LogP contribution in [0.25, 0.3) is 0 Å². The number of benzene rings is 1. The van der Waals surface area contributed by atoms with Crippen LogP contribution in [-0.2, 0) is 9.53 Å². The van der Waals surface area contributed by atoms with E-state index in [9.17, 15) is 9.59 Å². The molecule has 0 aliphatic carbocycles. The summed E-state index contributed by atoms with van der Waals surface area (Å²) in [5.41, 5.74) is 0.530. The van der Waals surface area contributed by atoms with Gasteiger partial charge >= 0.3 is 5.97 Å². The Morgan fingerprint density at radius 2 is 1.92 bits per heavy atom. The third-order valence-corrected chi connectivity index (χ3v) is 4.67. The number of carbonyl (C=O) groups is 2. The molecule has 1 aromatic rings. The number of esters is 1. The number of ether oxygens (including phenoxy) is 3. The average molecular weight is 400 g/mol. The molecule has 0 unspecified atom stereocenters. The maximum atomic E-state index is 12.7. The minimum absolute atomic E-state index is 0.0809. The first-order valence-corrected chi connectivity index (χ1v) is 8.68. The highest BCUT2D eigenvalue weighted by Gasteiger charge is 2.29. The van der Waals surface area contributed by atoms with Gasteiger partial charge in [0, 0.05) is 18.7 Å². The third kappa shape index (κ3) is 4.01. The molecule has 0 bridgehead atoms. The Morgan fingerprint density at radius 1 is 1.25 bits per heavy atom. The van der Waals surface area contributed by atoms with Gasteiger partial charge in [0.2, 0.25) is 0 Å². The predicted molar refractivity (Wildman–Crippen MR) is 92.5 cm³/mol. The minimum atomic E-state index is -0.201. The van der Waals surface area contributed by atoms with Gasteiger partial charge in [-0.15, -0.1) is 0 Å². The molecule has 132 valence electrons. The number of nitrogens with zero attached hydrogens (tertiary/aromatic N) is 1. The van der Waals surface area contributed by atoms with Crippen LogP contribution >= 0.6 is 15.9 Å². The van der Waals surface area contributed by atoms with Gasteiger partial charge in [-0.2, -0.15) is 0 Å². The van der Waals surface area contributed by atoms with Crippen molar-refractivity contribution in [1.29, 1.82) is 0 Å². The fraction of sp³-hybridized carbons (Fsp3) is 0.529. The topological polar surface area (TPSA) is 65.1 Å². The summed E-state index contributed by atoms with van der Waals surface area (Å²) in [6, 6.07) is 3.43. The Balaban J connectivity index is 2.14. The van der Waals surface area contributed by atoms with Gasteiger partial charge in [0.25, 0.3) is 5.91 Å². The summed E-state index contributed by atoms with van der Waals surface area (Å²) in [6.07, 6.45) is 1.24. The molecule has 1 aromatic carbocycles. The van der Waals surface area contributed by atoms with Crippen molar-refractivity contribution in [3.8, 4) is 11.5 Å². The Labute approximate surface area is 150 Å². The normalized spacial score (nSPS) is 15.1. The Kier molecular flexibility index (Phi) is 6.48. The second-order valence-corrected chi connectivity index (χ2v) is 6.37. The number of methoxy groups -OCH3 is 2. The first-order valence-electron chi connectivity index (χ1n) is 7.89. The maximum absolute atomic E-state index is 12.7. The lowest BCUT2D eigenvalue weighted by molar-refractivity contribution is -0.146. The molecule has 1 heterocycles. The summed E-state index contributed by atoms with van der Waals surface area (Å²) in [6.45, 7) is 3.42. The minimum Gasteiger partial charge on any atom is -0.492 e. The summed E-state index contributed by atoms with van der Waals surface area (Å²) >= 11 is 3.42.